The SMILES string of the molecule is Nc1ncnc2[nH]cnc12.[N-]=[N+]=CC(=O)OCc1cccnc1. The Hall–Kier alpha value is -3.65. The summed E-state index contributed by atoms with van der Waals surface area (Å²) in [6.07, 6.45) is 6.84. The zero-order chi connectivity index (χ0) is 16.5. The Balaban J connectivity index is 0.000000172. The molecule has 0 amide bonds. The van der Waals surface area contributed by atoms with Crippen LogP contribution in [0.4, 0.5) is 5.82 Å². The van der Waals surface area contributed by atoms with E-state index in [0.29, 0.717) is 23.2 Å². The minimum absolute atomic E-state index is 0.124. The predicted octanol–water partition coefficient (Wildman–Crippen LogP) is 0.360. The Bertz CT molecular complexity index is 826. The van der Waals surface area contributed by atoms with Crippen LogP contribution in [0.5, 0.6) is 0 Å². The largest absolute Gasteiger partial charge is 0.452 e. The first-order chi connectivity index (χ1) is 11.2. The van der Waals surface area contributed by atoms with E-state index >= 15 is 0 Å². The van der Waals surface area contributed by atoms with Gasteiger partial charge in [0.1, 0.15) is 18.5 Å². The van der Waals surface area contributed by atoms with Crippen LogP contribution in [0.3, 0.4) is 0 Å². The molecule has 0 aliphatic heterocycles. The van der Waals surface area contributed by atoms with Gasteiger partial charge in [0.15, 0.2) is 11.5 Å². The van der Waals surface area contributed by atoms with Crippen LogP contribution < -0.4 is 5.73 Å². The number of hydrogen-bond acceptors (Lipinski definition) is 7. The van der Waals surface area contributed by atoms with Crippen molar-refractivity contribution in [2.75, 3.05) is 5.73 Å². The van der Waals surface area contributed by atoms with E-state index in [2.05, 4.69) is 34.4 Å². The first kappa shape index (κ1) is 15.7. The number of H-pyrrole nitrogens is 1. The van der Waals surface area contributed by atoms with E-state index in [1.807, 2.05) is 0 Å². The van der Waals surface area contributed by atoms with Crippen molar-refractivity contribution >= 4 is 29.2 Å². The maximum absolute atomic E-state index is 10.7. The van der Waals surface area contributed by atoms with Crippen LogP contribution in [0.1, 0.15) is 5.56 Å². The van der Waals surface area contributed by atoms with Gasteiger partial charge in [0.25, 0.3) is 0 Å². The van der Waals surface area contributed by atoms with E-state index < -0.39 is 5.97 Å². The number of aromatic amines is 1. The summed E-state index contributed by atoms with van der Waals surface area (Å²) in [4.78, 5) is 31.4. The number of esters is 1. The fourth-order valence-corrected chi connectivity index (χ4v) is 1.51. The molecule has 0 aromatic carbocycles. The highest BCUT2D eigenvalue weighted by Gasteiger charge is 2.02. The molecule has 116 valence electrons. The highest BCUT2D eigenvalue weighted by atomic mass is 16.5. The molecular formula is C13H12N8O2. The molecule has 0 aliphatic rings. The molecule has 3 aromatic rings. The number of nitrogens with zero attached hydrogens (tertiary/aromatic N) is 6. The van der Waals surface area contributed by atoms with Crippen LogP contribution in [0.15, 0.2) is 37.2 Å². The highest BCUT2D eigenvalue weighted by Crippen LogP contribution is 2.09. The molecule has 0 saturated carbocycles. The molecular weight excluding hydrogens is 300 g/mol. The van der Waals surface area contributed by atoms with Gasteiger partial charge in [-0.2, -0.15) is 4.79 Å². The minimum atomic E-state index is -0.689. The lowest BCUT2D eigenvalue weighted by molar-refractivity contribution is -0.140. The molecule has 10 nitrogen and oxygen atoms in total. The van der Waals surface area contributed by atoms with E-state index in [-0.39, 0.29) is 6.61 Å². The summed E-state index contributed by atoms with van der Waals surface area (Å²) in [6.45, 7) is 0.124. The standard InChI is InChI=1S/C8H7N3O2.C5H5N5/c9-11-5-8(12)13-6-7-2-1-3-10-4-7;6-4-3-5(9-1-7-3)10-2-8-4/h1-5H,6H2;1-2H,(H3,6,7,8,9,10). The molecule has 0 radical (unpaired) electrons. The lowest BCUT2D eigenvalue weighted by Gasteiger charge is -1.97. The lowest BCUT2D eigenvalue weighted by atomic mass is 10.3. The number of ether oxygens (including phenoxy) is 1. The maximum Gasteiger partial charge on any atom is 0.413 e. The second-order valence-electron chi connectivity index (χ2n) is 4.07. The van der Waals surface area contributed by atoms with Crippen molar-refractivity contribution in [2.45, 2.75) is 6.61 Å². The summed E-state index contributed by atoms with van der Waals surface area (Å²) >= 11 is 0. The van der Waals surface area contributed by atoms with Crippen molar-refractivity contribution < 1.29 is 14.3 Å². The molecule has 3 heterocycles. The Labute approximate surface area is 130 Å². The molecule has 23 heavy (non-hydrogen) atoms. The molecule has 0 bridgehead atoms. The normalized spacial score (nSPS) is 9.39. The van der Waals surface area contributed by atoms with E-state index in [1.165, 1.54) is 12.7 Å². The number of pyridine rings is 1. The molecule has 3 rings (SSSR count). The van der Waals surface area contributed by atoms with Crippen molar-refractivity contribution in [3.8, 4) is 0 Å². The number of aromatic nitrogens is 5. The maximum atomic E-state index is 10.7. The summed E-state index contributed by atoms with van der Waals surface area (Å²) in [5.41, 5.74) is 15.5. The van der Waals surface area contributed by atoms with Gasteiger partial charge in [0, 0.05) is 18.0 Å². The Morgan fingerprint density at radius 1 is 1.43 bits per heavy atom. The quantitative estimate of drug-likeness (QED) is 0.306. The van der Waals surface area contributed by atoms with Crippen molar-refractivity contribution in [3.63, 3.8) is 0 Å². The second-order valence-corrected chi connectivity index (χ2v) is 4.07. The number of hydrogen-bond donors (Lipinski definition) is 2. The average molecular weight is 312 g/mol. The molecule has 0 aliphatic carbocycles. The predicted molar refractivity (Wildman–Crippen MR) is 79.8 cm³/mol. The third kappa shape index (κ3) is 4.69. The third-order valence-electron chi connectivity index (χ3n) is 2.51. The van der Waals surface area contributed by atoms with Crippen LogP contribution in [-0.4, -0.2) is 41.9 Å². The van der Waals surface area contributed by atoms with Gasteiger partial charge >= 0.3 is 12.2 Å². The Morgan fingerprint density at radius 3 is 3.00 bits per heavy atom. The average Bonchev–Trinajstić information content (AvgIpc) is 3.05. The molecule has 3 N–H and O–H groups in total. The van der Waals surface area contributed by atoms with Gasteiger partial charge in [-0.25, -0.2) is 19.7 Å². The second kappa shape index (κ2) is 7.96. The van der Waals surface area contributed by atoms with Crippen LogP contribution >= 0.6 is 0 Å². The molecule has 0 spiro atoms. The zero-order valence-electron chi connectivity index (χ0n) is 11.8. The fourth-order valence-electron chi connectivity index (χ4n) is 1.51. The van der Waals surface area contributed by atoms with Gasteiger partial charge in [-0.05, 0) is 6.07 Å². The molecule has 0 fully saturated rings. The number of imidazole rings is 1. The van der Waals surface area contributed by atoms with E-state index in [4.69, 9.17) is 11.3 Å². The molecule has 0 atom stereocenters. The summed E-state index contributed by atoms with van der Waals surface area (Å²) < 4.78 is 4.68. The van der Waals surface area contributed by atoms with E-state index in [1.54, 1.807) is 24.5 Å². The summed E-state index contributed by atoms with van der Waals surface area (Å²) in [5, 5.41) is 0. The number of rotatable bonds is 3. The van der Waals surface area contributed by atoms with Crippen molar-refractivity contribution in [3.05, 3.63) is 48.3 Å². The van der Waals surface area contributed by atoms with Crippen molar-refractivity contribution in [1.82, 2.24) is 24.9 Å². The highest BCUT2D eigenvalue weighted by molar-refractivity contribution is 6.20. The van der Waals surface area contributed by atoms with Crippen LogP contribution in [0.25, 0.3) is 16.7 Å². The van der Waals surface area contributed by atoms with E-state index in [0.717, 1.165) is 5.56 Å². The van der Waals surface area contributed by atoms with Gasteiger partial charge in [-0.3, -0.25) is 4.98 Å². The number of carbonyl (C=O) groups is 1. The molecule has 0 unspecified atom stereocenters. The number of fused-ring (bicyclic) bond motifs is 1. The smallest absolute Gasteiger partial charge is 0.413 e. The molecule has 0 saturated heterocycles. The minimum Gasteiger partial charge on any atom is -0.452 e. The van der Waals surface area contributed by atoms with Crippen LogP contribution in [0.2, 0.25) is 0 Å². The molecule has 3 aromatic heterocycles. The third-order valence-corrected chi connectivity index (χ3v) is 2.51. The first-order valence-electron chi connectivity index (χ1n) is 6.33. The Morgan fingerprint density at radius 2 is 2.30 bits per heavy atom. The summed E-state index contributed by atoms with van der Waals surface area (Å²) in [6, 6.07) is 3.51. The van der Waals surface area contributed by atoms with Crippen LogP contribution in [0, 0.1) is 0 Å². The number of anilines is 1. The van der Waals surface area contributed by atoms with Gasteiger partial charge in [-0.1, -0.05) is 6.07 Å². The summed E-state index contributed by atoms with van der Waals surface area (Å²) in [5.74, 6) is -0.280. The number of nitrogens with two attached hydrogens (primary N) is 1. The first-order valence-corrected chi connectivity index (χ1v) is 6.33. The van der Waals surface area contributed by atoms with Gasteiger partial charge in [0.2, 0.25) is 0 Å². The van der Waals surface area contributed by atoms with Crippen molar-refractivity contribution in [1.29, 1.82) is 0 Å². The zero-order valence-corrected chi connectivity index (χ0v) is 11.8. The lowest BCUT2D eigenvalue weighted by Crippen LogP contribution is -2.05. The Kier molecular flexibility index (Phi) is 5.44. The summed E-state index contributed by atoms with van der Waals surface area (Å²) in [7, 11) is 0. The van der Waals surface area contributed by atoms with Gasteiger partial charge < -0.3 is 21.0 Å². The van der Waals surface area contributed by atoms with Gasteiger partial charge in [-0.15, -0.1) is 0 Å². The van der Waals surface area contributed by atoms with E-state index in [9.17, 15) is 4.79 Å². The topological polar surface area (TPSA) is 156 Å². The van der Waals surface area contributed by atoms with Crippen molar-refractivity contribution in [2.24, 2.45) is 0 Å². The number of carbonyl (C=O) groups excluding carboxylic acids is 1. The molecule has 10 heteroatoms. The number of nitrogens with one attached hydrogen (secondary N) is 1. The van der Waals surface area contributed by atoms with Gasteiger partial charge in [0.05, 0.1) is 6.33 Å². The van der Waals surface area contributed by atoms with Crippen LogP contribution in [-0.2, 0) is 16.1 Å². The number of nitrogen functional groups attached to an aromatic ring is 1. The monoisotopic (exact) mass is 312 g/mol. The fraction of sp³-hybridized carbons (Fsp3) is 0.0769.